The molecule has 68 valence electrons. The van der Waals surface area contributed by atoms with Gasteiger partial charge in [0.2, 0.25) is 0 Å². The van der Waals surface area contributed by atoms with Crippen LogP contribution in [0, 0.1) is 16.7 Å². The van der Waals surface area contributed by atoms with Crippen LogP contribution in [0.25, 0.3) is 0 Å². The molecule has 0 amide bonds. The van der Waals surface area contributed by atoms with Crippen molar-refractivity contribution in [1.29, 1.82) is 5.26 Å². The molecule has 1 fully saturated rings. The molecule has 0 aromatic rings. The first-order valence-corrected chi connectivity index (χ1v) is 4.40. The first kappa shape index (κ1) is 9.50. The summed E-state index contributed by atoms with van der Waals surface area (Å²) >= 11 is 0. The molecule has 1 aliphatic heterocycles. The second kappa shape index (κ2) is 4.44. The van der Waals surface area contributed by atoms with Crippen LogP contribution in [0.2, 0.25) is 0 Å². The Bertz CT molecular complexity index is 168. The van der Waals surface area contributed by atoms with Gasteiger partial charge in [0, 0.05) is 19.8 Å². The van der Waals surface area contributed by atoms with E-state index in [9.17, 15) is 0 Å². The van der Waals surface area contributed by atoms with Crippen molar-refractivity contribution in [1.82, 2.24) is 0 Å². The lowest BCUT2D eigenvalue weighted by molar-refractivity contribution is 0.108. The van der Waals surface area contributed by atoms with E-state index in [1.165, 1.54) is 0 Å². The van der Waals surface area contributed by atoms with Crippen LogP contribution in [0.1, 0.15) is 19.8 Å². The van der Waals surface area contributed by atoms with E-state index >= 15 is 0 Å². The van der Waals surface area contributed by atoms with E-state index in [1.807, 2.05) is 6.92 Å². The Morgan fingerprint density at radius 1 is 1.67 bits per heavy atom. The SMILES string of the molecule is CCOCCC1(C#N)CCOC1. The molecule has 1 atom stereocenters. The highest BCUT2D eigenvalue weighted by Crippen LogP contribution is 2.31. The Hall–Kier alpha value is -0.590. The molecule has 0 radical (unpaired) electrons. The fourth-order valence-electron chi connectivity index (χ4n) is 1.36. The van der Waals surface area contributed by atoms with Gasteiger partial charge in [-0.15, -0.1) is 0 Å². The number of hydrogen-bond donors (Lipinski definition) is 0. The van der Waals surface area contributed by atoms with Gasteiger partial charge in [-0.25, -0.2) is 0 Å². The van der Waals surface area contributed by atoms with Crippen molar-refractivity contribution < 1.29 is 9.47 Å². The highest BCUT2D eigenvalue weighted by molar-refractivity contribution is 5.01. The Balaban J connectivity index is 2.30. The molecule has 3 heteroatoms. The van der Waals surface area contributed by atoms with Crippen LogP contribution in [0.5, 0.6) is 0 Å². The van der Waals surface area contributed by atoms with Gasteiger partial charge >= 0.3 is 0 Å². The zero-order valence-electron chi connectivity index (χ0n) is 7.51. The summed E-state index contributed by atoms with van der Waals surface area (Å²) in [5, 5.41) is 8.93. The van der Waals surface area contributed by atoms with Crippen LogP contribution in [0.3, 0.4) is 0 Å². The summed E-state index contributed by atoms with van der Waals surface area (Å²) in [6, 6.07) is 2.33. The standard InChI is InChI=1S/C9H15NO2/c1-2-11-5-3-9(7-10)4-6-12-8-9/h2-6,8H2,1H3. The summed E-state index contributed by atoms with van der Waals surface area (Å²) < 4.78 is 10.4. The average Bonchev–Trinajstić information content (AvgIpc) is 2.55. The maximum absolute atomic E-state index is 8.93. The molecular weight excluding hydrogens is 154 g/mol. The fraction of sp³-hybridized carbons (Fsp3) is 0.889. The summed E-state index contributed by atoms with van der Waals surface area (Å²) in [4.78, 5) is 0. The first-order chi connectivity index (χ1) is 5.83. The van der Waals surface area contributed by atoms with Crippen LogP contribution in [-0.4, -0.2) is 26.4 Å². The second-order valence-corrected chi connectivity index (χ2v) is 3.14. The van der Waals surface area contributed by atoms with E-state index in [1.54, 1.807) is 0 Å². The Morgan fingerprint density at radius 3 is 3.00 bits per heavy atom. The Kier molecular flexibility index (Phi) is 3.51. The van der Waals surface area contributed by atoms with Gasteiger partial charge in [0.25, 0.3) is 0 Å². The van der Waals surface area contributed by atoms with Crippen molar-refractivity contribution in [2.75, 3.05) is 26.4 Å². The Labute approximate surface area is 73.3 Å². The van der Waals surface area contributed by atoms with Crippen LogP contribution in [0.15, 0.2) is 0 Å². The van der Waals surface area contributed by atoms with Crippen LogP contribution >= 0.6 is 0 Å². The van der Waals surface area contributed by atoms with Crippen molar-refractivity contribution in [3.63, 3.8) is 0 Å². The summed E-state index contributed by atoms with van der Waals surface area (Å²) in [6.45, 7) is 4.66. The van der Waals surface area contributed by atoms with Crippen LogP contribution < -0.4 is 0 Å². The molecule has 0 spiro atoms. The van der Waals surface area contributed by atoms with E-state index < -0.39 is 0 Å². The topological polar surface area (TPSA) is 42.2 Å². The number of hydrogen-bond acceptors (Lipinski definition) is 3. The van der Waals surface area contributed by atoms with Crippen molar-refractivity contribution in [3.05, 3.63) is 0 Å². The molecule has 0 saturated carbocycles. The van der Waals surface area contributed by atoms with E-state index in [4.69, 9.17) is 14.7 Å². The van der Waals surface area contributed by atoms with Gasteiger partial charge in [-0.05, 0) is 19.8 Å². The lowest BCUT2D eigenvalue weighted by atomic mass is 9.86. The van der Waals surface area contributed by atoms with E-state index in [0.717, 1.165) is 26.1 Å². The molecule has 1 heterocycles. The molecule has 1 rings (SSSR count). The lowest BCUT2D eigenvalue weighted by Crippen LogP contribution is -2.20. The van der Waals surface area contributed by atoms with Crippen molar-refractivity contribution in [2.24, 2.45) is 5.41 Å². The molecule has 0 aromatic heterocycles. The predicted molar refractivity (Wildman–Crippen MR) is 44.6 cm³/mol. The summed E-state index contributed by atoms with van der Waals surface area (Å²) in [5.41, 5.74) is -0.255. The molecular formula is C9H15NO2. The molecule has 0 N–H and O–H groups in total. The molecule has 3 nitrogen and oxygen atoms in total. The summed E-state index contributed by atoms with van der Waals surface area (Å²) in [6.07, 6.45) is 1.66. The third-order valence-corrected chi connectivity index (χ3v) is 2.27. The second-order valence-electron chi connectivity index (χ2n) is 3.14. The van der Waals surface area contributed by atoms with Gasteiger partial charge in [-0.3, -0.25) is 0 Å². The van der Waals surface area contributed by atoms with Gasteiger partial charge in [0.1, 0.15) is 0 Å². The normalized spacial score (nSPS) is 28.7. The van der Waals surface area contributed by atoms with E-state index in [-0.39, 0.29) is 5.41 Å². The number of ether oxygens (including phenoxy) is 2. The third-order valence-electron chi connectivity index (χ3n) is 2.27. The van der Waals surface area contributed by atoms with E-state index in [2.05, 4.69) is 6.07 Å². The van der Waals surface area contributed by atoms with Gasteiger partial charge < -0.3 is 9.47 Å². The average molecular weight is 169 g/mol. The van der Waals surface area contributed by atoms with Gasteiger partial charge in [0.05, 0.1) is 18.1 Å². The smallest absolute Gasteiger partial charge is 0.0850 e. The predicted octanol–water partition coefficient (Wildman–Crippen LogP) is 1.34. The minimum atomic E-state index is -0.255. The zero-order chi connectivity index (χ0) is 8.86. The maximum Gasteiger partial charge on any atom is 0.0850 e. The van der Waals surface area contributed by atoms with Crippen molar-refractivity contribution in [2.45, 2.75) is 19.8 Å². The van der Waals surface area contributed by atoms with Crippen LogP contribution in [0.4, 0.5) is 0 Å². The molecule has 0 bridgehead atoms. The van der Waals surface area contributed by atoms with Gasteiger partial charge in [0.15, 0.2) is 0 Å². The largest absolute Gasteiger partial charge is 0.382 e. The lowest BCUT2D eigenvalue weighted by Gasteiger charge is -2.17. The van der Waals surface area contributed by atoms with E-state index in [0.29, 0.717) is 13.2 Å². The number of rotatable bonds is 4. The summed E-state index contributed by atoms with van der Waals surface area (Å²) in [5.74, 6) is 0. The van der Waals surface area contributed by atoms with Gasteiger partial charge in [-0.2, -0.15) is 5.26 Å². The Morgan fingerprint density at radius 2 is 2.50 bits per heavy atom. The minimum absolute atomic E-state index is 0.255. The monoisotopic (exact) mass is 169 g/mol. The first-order valence-electron chi connectivity index (χ1n) is 4.40. The quantitative estimate of drug-likeness (QED) is 0.596. The molecule has 0 aliphatic carbocycles. The summed E-state index contributed by atoms with van der Waals surface area (Å²) in [7, 11) is 0. The number of nitriles is 1. The zero-order valence-corrected chi connectivity index (χ0v) is 7.51. The molecule has 1 unspecified atom stereocenters. The van der Waals surface area contributed by atoms with Crippen LogP contribution in [-0.2, 0) is 9.47 Å². The van der Waals surface area contributed by atoms with Crippen molar-refractivity contribution >= 4 is 0 Å². The highest BCUT2D eigenvalue weighted by atomic mass is 16.5. The van der Waals surface area contributed by atoms with Gasteiger partial charge in [-0.1, -0.05) is 0 Å². The maximum atomic E-state index is 8.93. The third kappa shape index (κ3) is 2.20. The molecule has 0 aromatic carbocycles. The molecule has 12 heavy (non-hydrogen) atoms. The highest BCUT2D eigenvalue weighted by Gasteiger charge is 2.34. The molecule has 1 saturated heterocycles. The fourth-order valence-corrected chi connectivity index (χ4v) is 1.36. The minimum Gasteiger partial charge on any atom is -0.382 e. The molecule has 1 aliphatic rings. The number of nitrogens with zero attached hydrogens (tertiary/aromatic N) is 1. The van der Waals surface area contributed by atoms with Crippen molar-refractivity contribution in [3.8, 4) is 6.07 Å².